The maximum Gasteiger partial charge on any atom is 0.318 e. The Bertz CT molecular complexity index is 302. The second-order valence-electron chi connectivity index (χ2n) is 2.06. The van der Waals surface area contributed by atoms with Crippen molar-refractivity contribution in [2.75, 3.05) is 19.3 Å². The standard InChI is InChI=1S/C5H8N2O4S/c1-7(4-5(8)9)12(10,11)3-2-6/h3-4H2,1H3,(H,8,9). The summed E-state index contributed by atoms with van der Waals surface area (Å²) in [5.41, 5.74) is 0. The van der Waals surface area contributed by atoms with E-state index in [-0.39, 0.29) is 0 Å². The smallest absolute Gasteiger partial charge is 0.318 e. The van der Waals surface area contributed by atoms with Gasteiger partial charge in [0.05, 0.1) is 6.07 Å². The number of carbonyl (C=O) groups is 1. The average molecular weight is 192 g/mol. The van der Waals surface area contributed by atoms with Gasteiger partial charge in [0.25, 0.3) is 0 Å². The Kier molecular flexibility index (Phi) is 3.66. The van der Waals surface area contributed by atoms with E-state index in [4.69, 9.17) is 10.4 Å². The highest BCUT2D eigenvalue weighted by atomic mass is 32.2. The van der Waals surface area contributed by atoms with Crippen LogP contribution in [0.5, 0.6) is 0 Å². The fraction of sp³-hybridized carbons (Fsp3) is 0.600. The summed E-state index contributed by atoms with van der Waals surface area (Å²) >= 11 is 0. The molecular formula is C5H8N2O4S. The Balaban J connectivity index is 4.39. The first-order valence-corrected chi connectivity index (χ1v) is 4.54. The van der Waals surface area contributed by atoms with Gasteiger partial charge in [-0.05, 0) is 0 Å². The number of nitriles is 1. The monoisotopic (exact) mass is 192 g/mol. The molecular weight excluding hydrogens is 184 g/mol. The van der Waals surface area contributed by atoms with Crippen LogP contribution in [0.25, 0.3) is 0 Å². The molecule has 0 aromatic heterocycles. The zero-order chi connectivity index (χ0) is 9.78. The lowest BCUT2D eigenvalue weighted by Gasteiger charge is -2.11. The number of hydrogen-bond donors (Lipinski definition) is 1. The molecule has 0 aliphatic carbocycles. The molecule has 0 atom stereocenters. The molecule has 1 N–H and O–H groups in total. The highest BCUT2D eigenvalue weighted by Crippen LogP contribution is 1.95. The maximum atomic E-state index is 10.9. The Morgan fingerprint density at radius 2 is 2.17 bits per heavy atom. The second kappa shape index (κ2) is 4.04. The van der Waals surface area contributed by atoms with Gasteiger partial charge in [-0.15, -0.1) is 0 Å². The Morgan fingerprint density at radius 1 is 1.67 bits per heavy atom. The first-order valence-electron chi connectivity index (χ1n) is 2.93. The van der Waals surface area contributed by atoms with Crippen LogP contribution >= 0.6 is 0 Å². The topological polar surface area (TPSA) is 98.5 Å². The van der Waals surface area contributed by atoms with Gasteiger partial charge in [-0.3, -0.25) is 4.79 Å². The number of hydrogen-bond acceptors (Lipinski definition) is 4. The van der Waals surface area contributed by atoms with Crippen LogP contribution in [-0.2, 0) is 14.8 Å². The van der Waals surface area contributed by atoms with Gasteiger partial charge >= 0.3 is 5.97 Å². The van der Waals surface area contributed by atoms with Crippen molar-refractivity contribution in [3.8, 4) is 6.07 Å². The molecule has 0 spiro atoms. The maximum absolute atomic E-state index is 10.9. The molecule has 7 heteroatoms. The van der Waals surface area contributed by atoms with Crippen molar-refractivity contribution in [2.45, 2.75) is 0 Å². The highest BCUT2D eigenvalue weighted by molar-refractivity contribution is 7.89. The number of likely N-dealkylation sites (N-methyl/N-ethyl adjacent to an activating group) is 1. The van der Waals surface area contributed by atoms with Gasteiger partial charge in [0.15, 0.2) is 5.75 Å². The van der Waals surface area contributed by atoms with E-state index in [9.17, 15) is 13.2 Å². The van der Waals surface area contributed by atoms with Crippen LogP contribution in [0.1, 0.15) is 0 Å². The Labute approximate surface area is 70.1 Å². The van der Waals surface area contributed by atoms with Gasteiger partial charge < -0.3 is 5.11 Å². The van der Waals surface area contributed by atoms with Gasteiger partial charge in [-0.25, -0.2) is 8.42 Å². The zero-order valence-electron chi connectivity index (χ0n) is 6.39. The molecule has 12 heavy (non-hydrogen) atoms. The van der Waals surface area contributed by atoms with Crippen LogP contribution in [-0.4, -0.2) is 43.1 Å². The molecule has 0 saturated heterocycles. The number of carboxylic acid groups (broad SMARTS) is 1. The van der Waals surface area contributed by atoms with E-state index in [1.54, 1.807) is 0 Å². The molecule has 6 nitrogen and oxygen atoms in total. The Morgan fingerprint density at radius 3 is 2.50 bits per heavy atom. The van der Waals surface area contributed by atoms with Crippen molar-refractivity contribution in [3.05, 3.63) is 0 Å². The normalized spacial score (nSPS) is 11.1. The third kappa shape index (κ3) is 3.32. The van der Waals surface area contributed by atoms with E-state index in [0.717, 1.165) is 7.05 Å². The minimum absolute atomic E-state index is 0.621. The summed E-state index contributed by atoms with van der Waals surface area (Å²) in [6.45, 7) is -0.621. The second-order valence-corrected chi connectivity index (χ2v) is 4.14. The van der Waals surface area contributed by atoms with E-state index < -0.39 is 28.3 Å². The molecule has 0 aliphatic heterocycles. The van der Waals surface area contributed by atoms with Crippen LogP contribution in [0.3, 0.4) is 0 Å². The third-order valence-corrected chi connectivity index (χ3v) is 2.65. The van der Waals surface area contributed by atoms with Crippen LogP contribution < -0.4 is 0 Å². The molecule has 0 saturated carbocycles. The summed E-state index contributed by atoms with van der Waals surface area (Å²) in [5, 5.41) is 16.3. The predicted molar refractivity (Wildman–Crippen MR) is 39.7 cm³/mol. The Hall–Kier alpha value is -1.13. The number of aliphatic carboxylic acids is 1. The minimum atomic E-state index is -3.71. The molecule has 0 heterocycles. The lowest BCUT2D eigenvalue weighted by Crippen LogP contribution is -2.33. The molecule has 0 amide bonds. The van der Waals surface area contributed by atoms with Gasteiger partial charge in [0, 0.05) is 7.05 Å². The van der Waals surface area contributed by atoms with Gasteiger partial charge in [-0.2, -0.15) is 9.57 Å². The third-order valence-electron chi connectivity index (χ3n) is 1.08. The van der Waals surface area contributed by atoms with Crippen LogP contribution in [0.15, 0.2) is 0 Å². The van der Waals surface area contributed by atoms with Crippen LogP contribution in [0.2, 0.25) is 0 Å². The first kappa shape index (κ1) is 10.9. The van der Waals surface area contributed by atoms with E-state index in [1.165, 1.54) is 6.07 Å². The number of sulfonamides is 1. The van der Waals surface area contributed by atoms with Crippen molar-refractivity contribution < 1.29 is 18.3 Å². The molecule has 0 aliphatic rings. The lowest BCUT2D eigenvalue weighted by molar-refractivity contribution is -0.137. The van der Waals surface area contributed by atoms with E-state index in [2.05, 4.69) is 0 Å². The molecule has 68 valence electrons. The molecule has 0 aromatic rings. The van der Waals surface area contributed by atoms with Gasteiger partial charge in [-0.1, -0.05) is 0 Å². The summed E-state index contributed by atoms with van der Waals surface area (Å²) < 4.78 is 22.4. The molecule has 0 radical (unpaired) electrons. The van der Waals surface area contributed by atoms with Gasteiger partial charge in [0.1, 0.15) is 6.54 Å². The van der Waals surface area contributed by atoms with Crippen molar-refractivity contribution >= 4 is 16.0 Å². The predicted octanol–water partition coefficient (Wildman–Crippen LogP) is -1.14. The molecule has 0 rings (SSSR count). The number of carboxylic acids is 1. The van der Waals surface area contributed by atoms with Crippen molar-refractivity contribution in [2.24, 2.45) is 0 Å². The fourth-order valence-electron chi connectivity index (χ4n) is 0.481. The van der Waals surface area contributed by atoms with E-state index >= 15 is 0 Å². The van der Waals surface area contributed by atoms with Crippen molar-refractivity contribution in [1.29, 1.82) is 5.26 Å². The number of nitrogens with zero attached hydrogens (tertiary/aromatic N) is 2. The molecule has 0 aromatic carbocycles. The fourth-order valence-corrected chi connectivity index (χ4v) is 1.17. The quantitative estimate of drug-likeness (QED) is 0.606. The van der Waals surface area contributed by atoms with E-state index in [0.29, 0.717) is 4.31 Å². The van der Waals surface area contributed by atoms with Crippen molar-refractivity contribution in [1.82, 2.24) is 4.31 Å². The first-order chi connectivity index (χ1) is 5.40. The minimum Gasteiger partial charge on any atom is -0.480 e. The van der Waals surface area contributed by atoms with Gasteiger partial charge in [0.2, 0.25) is 10.0 Å². The molecule has 0 bridgehead atoms. The molecule has 0 fully saturated rings. The SMILES string of the molecule is CN(CC(=O)O)S(=O)(=O)CC#N. The molecule has 0 unspecified atom stereocenters. The zero-order valence-corrected chi connectivity index (χ0v) is 7.21. The van der Waals surface area contributed by atoms with Crippen LogP contribution in [0, 0.1) is 11.3 Å². The van der Waals surface area contributed by atoms with Crippen molar-refractivity contribution in [3.63, 3.8) is 0 Å². The largest absolute Gasteiger partial charge is 0.480 e. The van der Waals surface area contributed by atoms with E-state index in [1.807, 2.05) is 0 Å². The summed E-state index contributed by atoms with van der Waals surface area (Å²) in [5.74, 6) is -1.95. The lowest BCUT2D eigenvalue weighted by atomic mass is 10.7. The summed E-state index contributed by atoms with van der Waals surface area (Å²) in [7, 11) is -2.60. The number of rotatable bonds is 4. The average Bonchev–Trinajstić information content (AvgIpc) is 1.85. The summed E-state index contributed by atoms with van der Waals surface area (Å²) in [4.78, 5) is 10.1. The summed E-state index contributed by atoms with van der Waals surface area (Å²) in [6, 6.07) is 1.44. The summed E-state index contributed by atoms with van der Waals surface area (Å²) in [6.07, 6.45) is 0. The highest BCUT2D eigenvalue weighted by Gasteiger charge is 2.19. The van der Waals surface area contributed by atoms with Crippen LogP contribution in [0.4, 0.5) is 0 Å².